The molecule has 1 aromatic carbocycles. The Bertz CT molecular complexity index is 1460. The summed E-state index contributed by atoms with van der Waals surface area (Å²) in [6.45, 7) is 4.91. The number of aromatic nitrogens is 4. The van der Waals surface area contributed by atoms with Gasteiger partial charge in [0.1, 0.15) is 5.52 Å². The summed E-state index contributed by atoms with van der Waals surface area (Å²) >= 11 is 0. The van der Waals surface area contributed by atoms with Crippen LogP contribution in [-0.4, -0.2) is 40.1 Å². The lowest BCUT2D eigenvalue weighted by atomic mass is 9.80. The number of carbonyl (C=O) groups excluding carboxylic acids is 1. The number of imidazole rings is 1. The van der Waals surface area contributed by atoms with Crippen LogP contribution in [0.2, 0.25) is 0 Å². The highest BCUT2D eigenvalue weighted by molar-refractivity contribution is 7.91. The molecular weight excluding hydrogens is 518 g/mol. The van der Waals surface area contributed by atoms with Crippen LogP contribution in [0.25, 0.3) is 11.2 Å². The predicted octanol–water partition coefficient (Wildman–Crippen LogP) is 4.33. The zero-order chi connectivity index (χ0) is 27.1. The highest BCUT2D eigenvalue weighted by atomic mass is 32.2. The van der Waals surface area contributed by atoms with Gasteiger partial charge in [-0.05, 0) is 62.5 Å². The molecule has 3 N–H and O–H groups in total. The predicted molar refractivity (Wildman–Crippen MR) is 144 cm³/mol. The summed E-state index contributed by atoms with van der Waals surface area (Å²) in [5, 5.41) is 6.16. The van der Waals surface area contributed by atoms with Crippen LogP contribution in [0.3, 0.4) is 0 Å². The molecule has 0 bridgehead atoms. The van der Waals surface area contributed by atoms with Gasteiger partial charge in [-0.3, -0.25) is 5.32 Å². The third kappa shape index (κ3) is 5.07. The van der Waals surface area contributed by atoms with Crippen LogP contribution in [0.5, 0.6) is 0 Å². The second kappa shape index (κ2) is 10.4. The van der Waals surface area contributed by atoms with Gasteiger partial charge in [0.25, 0.3) is 0 Å². The number of sulfone groups is 1. The Kier molecular flexibility index (Phi) is 6.92. The molecule has 0 spiro atoms. The molecule has 2 atom stereocenters. The van der Waals surface area contributed by atoms with Crippen molar-refractivity contribution in [2.24, 2.45) is 17.8 Å². The molecule has 6 rings (SSSR count). The second-order valence-corrected chi connectivity index (χ2v) is 13.1. The molecule has 1 unspecified atom stereocenters. The van der Waals surface area contributed by atoms with E-state index in [4.69, 9.17) is 9.82 Å². The number of benzene rings is 1. The highest BCUT2D eigenvalue weighted by Gasteiger charge is 2.34. The smallest absolute Gasteiger partial charge is 0.365 e. The summed E-state index contributed by atoms with van der Waals surface area (Å²) < 4.78 is 29.7. The summed E-state index contributed by atoms with van der Waals surface area (Å²) in [5.41, 5.74) is 3.44. The lowest BCUT2D eigenvalue weighted by molar-refractivity contribution is 0.120. The number of hydrogen-bond acceptors (Lipinski definition) is 9. The van der Waals surface area contributed by atoms with Gasteiger partial charge >= 0.3 is 6.09 Å². The second-order valence-electron chi connectivity index (χ2n) is 11.3. The molecule has 39 heavy (non-hydrogen) atoms. The summed E-state index contributed by atoms with van der Waals surface area (Å²) in [5.74, 6) is 2.27. The fraction of sp³-hybridized carbons (Fsp3) is 0.556. The van der Waals surface area contributed by atoms with Gasteiger partial charge in [-0.25, -0.2) is 23.2 Å². The minimum atomic E-state index is -3.94. The molecule has 12 heteroatoms. The van der Waals surface area contributed by atoms with Crippen LogP contribution >= 0.6 is 0 Å². The number of nitrogens with zero attached hydrogens (tertiary/aromatic N) is 4. The minimum Gasteiger partial charge on any atom is -0.365 e. The molecular formula is C27H35N7O4S. The van der Waals surface area contributed by atoms with E-state index in [-0.39, 0.29) is 27.6 Å². The Morgan fingerprint density at radius 3 is 2.46 bits per heavy atom. The molecule has 1 amide bonds. The molecule has 3 aromatic rings. The molecule has 2 aromatic heterocycles. The summed E-state index contributed by atoms with van der Waals surface area (Å²) in [7, 11) is -3.94. The minimum absolute atomic E-state index is 0.0345. The van der Waals surface area contributed by atoms with Gasteiger partial charge in [0, 0.05) is 12.6 Å². The number of anilines is 1. The van der Waals surface area contributed by atoms with E-state index in [0.717, 1.165) is 38.5 Å². The Hall–Kier alpha value is -3.25. The standard InChI is InChI=1S/C27H35N7O4S/c1-16-11-13-18(14-12-16)15-34-21-22(28-17(2)19-7-6-8-19)29-24(25-32-27(35)38-33-25)30-23(21)31-26(34)39(36,37)20-9-4-3-5-10-20/h3-5,9-10,16-19,25,33H,6-8,11-15H2,1-2H3,(H,32,35)(H,28,29,30)/t16?,17-,18?,25?/m1/s1. The summed E-state index contributed by atoms with van der Waals surface area (Å²) in [6.07, 6.45) is 6.36. The third-order valence-electron chi connectivity index (χ3n) is 8.47. The first-order valence-corrected chi connectivity index (χ1v) is 15.4. The van der Waals surface area contributed by atoms with Crippen molar-refractivity contribution in [3.8, 4) is 0 Å². The van der Waals surface area contributed by atoms with Crippen LogP contribution in [-0.2, 0) is 21.2 Å². The van der Waals surface area contributed by atoms with E-state index in [1.807, 2.05) is 4.57 Å². The number of nitrogens with one attached hydrogen (secondary N) is 3. The molecule has 1 aliphatic heterocycles. The lowest BCUT2D eigenvalue weighted by Crippen LogP contribution is -2.32. The first kappa shape index (κ1) is 26.0. The zero-order valence-corrected chi connectivity index (χ0v) is 23.1. The van der Waals surface area contributed by atoms with Crippen molar-refractivity contribution in [1.82, 2.24) is 30.3 Å². The van der Waals surface area contributed by atoms with Gasteiger partial charge in [0.2, 0.25) is 15.0 Å². The number of hydroxylamine groups is 1. The van der Waals surface area contributed by atoms with Gasteiger partial charge in [-0.2, -0.15) is 4.98 Å². The van der Waals surface area contributed by atoms with Crippen LogP contribution in [0, 0.1) is 17.8 Å². The first-order chi connectivity index (χ1) is 18.8. The van der Waals surface area contributed by atoms with Crippen LogP contribution in [0.15, 0.2) is 40.4 Å². The summed E-state index contributed by atoms with van der Waals surface area (Å²) in [4.78, 5) is 30.8. The molecule has 3 heterocycles. The largest absolute Gasteiger partial charge is 0.427 e. The van der Waals surface area contributed by atoms with E-state index in [1.54, 1.807) is 30.3 Å². The van der Waals surface area contributed by atoms with Crippen molar-refractivity contribution in [1.29, 1.82) is 0 Å². The topological polar surface area (TPSA) is 140 Å². The molecule has 11 nitrogen and oxygen atoms in total. The normalized spacial score (nSPS) is 24.7. The van der Waals surface area contributed by atoms with Gasteiger partial charge in [-0.1, -0.05) is 44.4 Å². The zero-order valence-electron chi connectivity index (χ0n) is 22.3. The maximum atomic E-state index is 14.0. The van der Waals surface area contributed by atoms with Crippen LogP contribution in [0.4, 0.5) is 10.6 Å². The van der Waals surface area contributed by atoms with Crippen molar-refractivity contribution >= 4 is 32.9 Å². The number of amides is 1. The average Bonchev–Trinajstić information content (AvgIpc) is 3.49. The van der Waals surface area contributed by atoms with Crippen molar-refractivity contribution in [3.05, 3.63) is 36.2 Å². The maximum Gasteiger partial charge on any atom is 0.427 e. The lowest BCUT2D eigenvalue weighted by Gasteiger charge is -2.32. The molecule has 208 valence electrons. The van der Waals surface area contributed by atoms with E-state index in [9.17, 15) is 13.2 Å². The molecule has 3 fully saturated rings. The average molecular weight is 554 g/mol. The quantitative estimate of drug-likeness (QED) is 0.372. The Labute approximate surface area is 228 Å². The van der Waals surface area contributed by atoms with E-state index < -0.39 is 22.1 Å². The number of fused-ring (bicyclic) bond motifs is 1. The van der Waals surface area contributed by atoms with Gasteiger partial charge < -0.3 is 14.7 Å². The first-order valence-electron chi connectivity index (χ1n) is 13.9. The Morgan fingerprint density at radius 2 is 1.82 bits per heavy atom. The fourth-order valence-electron chi connectivity index (χ4n) is 5.79. The van der Waals surface area contributed by atoms with E-state index in [2.05, 4.69) is 39.9 Å². The van der Waals surface area contributed by atoms with Gasteiger partial charge in [-0.15, -0.1) is 5.48 Å². The number of rotatable bonds is 8. The SMILES string of the molecule is CC1CCC(Cn2c(S(=O)(=O)c3ccccc3)nc3nc(C4NOC(=O)N4)nc(N[C@H](C)C4CCC4)c32)CC1. The fourth-order valence-corrected chi connectivity index (χ4v) is 7.18. The van der Waals surface area contributed by atoms with E-state index in [1.165, 1.54) is 6.42 Å². The highest BCUT2D eigenvalue weighted by Crippen LogP contribution is 2.36. The molecule has 2 saturated carbocycles. The number of carbonyl (C=O) groups is 1. The maximum absolute atomic E-state index is 14.0. The molecule has 3 aliphatic rings. The molecule has 1 saturated heterocycles. The van der Waals surface area contributed by atoms with E-state index >= 15 is 0 Å². The third-order valence-corrected chi connectivity index (χ3v) is 10.2. The Balaban J connectivity index is 1.51. The monoisotopic (exact) mass is 553 g/mol. The van der Waals surface area contributed by atoms with Crippen LogP contribution in [0.1, 0.15) is 70.8 Å². The van der Waals surface area contributed by atoms with E-state index in [0.29, 0.717) is 35.6 Å². The van der Waals surface area contributed by atoms with Crippen molar-refractivity contribution in [2.75, 3.05) is 5.32 Å². The van der Waals surface area contributed by atoms with Gasteiger partial charge in [0.15, 0.2) is 23.5 Å². The number of hydrogen-bond donors (Lipinski definition) is 3. The van der Waals surface area contributed by atoms with Gasteiger partial charge in [0.05, 0.1) is 4.90 Å². The molecule has 0 radical (unpaired) electrons. The van der Waals surface area contributed by atoms with Crippen molar-refractivity contribution < 1.29 is 18.0 Å². The Morgan fingerprint density at radius 1 is 1.08 bits per heavy atom. The molecule has 2 aliphatic carbocycles. The van der Waals surface area contributed by atoms with Crippen molar-refractivity contribution in [3.63, 3.8) is 0 Å². The summed E-state index contributed by atoms with van der Waals surface area (Å²) in [6, 6.07) is 8.51. The van der Waals surface area contributed by atoms with Crippen molar-refractivity contribution in [2.45, 2.75) is 87.6 Å². The van der Waals surface area contributed by atoms with Crippen LogP contribution < -0.4 is 16.1 Å².